The molecular weight excluding hydrogens is 356 g/mol. The Bertz CT molecular complexity index is 1140. The standard InChI is InChI=1S/C21H24N4O3/c1-13(2)28-21(27)16-12-17-19(23-14(3)24(4)20(17)26)25(18(16)22)11-10-15-8-6-5-7-9-15/h5-9,12-13,22H,10-11H2,1-4H3. The first-order valence-electron chi connectivity index (χ1n) is 9.20. The van der Waals surface area contributed by atoms with E-state index in [1.165, 1.54) is 10.6 Å². The maximum Gasteiger partial charge on any atom is 0.342 e. The Morgan fingerprint density at radius 1 is 1.25 bits per heavy atom. The van der Waals surface area contributed by atoms with Gasteiger partial charge in [0.1, 0.15) is 22.5 Å². The van der Waals surface area contributed by atoms with Crippen LogP contribution in [-0.4, -0.2) is 26.2 Å². The molecule has 0 atom stereocenters. The number of rotatable bonds is 5. The number of nitrogens with zero attached hydrogens (tertiary/aromatic N) is 3. The lowest BCUT2D eigenvalue weighted by molar-refractivity contribution is 0.0374. The molecule has 0 saturated heterocycles. The lowest BCUT2D eigenvalue weighted by atomic mass is 10.1. The maximum atomic E-state index is 12.8. The van der Waals surface area contributed by atoms with E-state index in [9.17, 15) is 9.59 Å². The van der Waals surface area contributed by atoms with Gasteiger partial charge in [-0.15, -0.1) is 0 Å². The smallest absolute Gasteiger partial charge is 0.342 e. The first-order valence-corrected chi connectivity index (χ1v) is 9.20. The molecule has 2 aromatic heterocycles. The number of hydrogen-bond acceptors (Lipinski definition) is 5. The summed E-state index contributed by atoms with van der Waals surface area (Å²) < 4.78 is 8.33. The number of benzene rings is 1. The van der Waals surface area contributed by atoms with Crippen LogP contribution in [0, 0.1) is 12.3 Å². The number of fused-ring (bicyclic) bond motifs is 1. The van der Waals surface area contributed by atoms with Gasteiger partial charge in [-0.3, -0.25) is 14.8 Å². The van der Waals surface area contributed by atoms with E-state index in [0.29, 0.717) is 29.8 Å². The van der Waals surface area contributed by atoms with Crippen LogP contribution in [0.25, 0.3) is 11.0 Å². The number of aromatic nitrogens is 3. The van der Waals surface area contributed by atoms with Crippen LogP contribution in [0.3, 0.4) is 0 Å². The highest BCUT2D eigenvalue weighted by Gasteiger charge is 2.19. The molecule has 0 saturated carbocycles. The van der Waals surface area contributed by atoms with E-state index in [0.717, 1.165) is 5.56 Å². The quantitative estimate of drug-likeness (QED) is 0.688. The zero-order valence-electron chi connectivity index (χ0n) is 16.5. The SMILES string of the molecule is Cc1nc2c(cc(C(=O)OC(C)C)c(=N)n2CCc2ccccc2)c(=O)n1C. The second kappa shape index (κ2) is 7.80. The molecule has 28 heavy (non-hydrogen) atoms. The van der Waals surface area contributed by atoms with Gasteiger partial charge in [-0.25, -0.2) is 9.78 Å². The van der Waals surface area contributed by atoms with Crippen molar-refractivity contribution in [2.45, 2.75) is 39.8 Å². The topological polar surface area (TPSA) is 90.0 Å². The van der Waals surface area contributed by atoms with Crippen LogP contribution in [0.1, 0.15) is 35.6 Å². The Morgan fingerprint density at radius 3 is 2.57 bits per heavy atom. The zero-order chi connectivity index (χ0) is 20.4. The van der Waals surface area contributed by atoms with Crippen molar-refractivity contribution in [2.24, 2.45) is 7.05 Å². The number of aryl methyl sites for hydroxylation is 3. The zero-order valence-corrected chi connectivity index (χ0v) is 16.5. The van der Waals surface area contributed by atoms with Crippen LogP contribution >= 0.6 is 0 Å². The Labute approximate surface area is 162 Å². The van der Waals surface area contributed by atoms with Crippen molar-refractivity contribution in [3.05, 3.63) is 69.2 Å². The predicted octanol–water partition coefficient (Wildman–Crippen LogP) is 2.33. The fraction of sp³-hybridized carbons (Fsp3) is 0.333. The molecule has 1 N–H and O–H groups in total. The second-order valence-corrected chi connectivity index (χ2v) is 7.01. The number of pyridine rings is 1. The molecule has 0 unspecified atom stereocenters. The normalized spacial score (nSPS) is 11.2. The fourth-order valence-electron chi connectivity index (χ4n) is 3.04. The molecule has 7 heteroatoms. The molecule has 0 aliphatic carbocycles. The Hall–Kier alpha value is -3.22. The summed E-state index contributed by atoms with van der Waals surface area (Å²) in [6.45, 7) is 5.65. The molecule has 3 aromatic rings. The number of hydrogen-bond donors (Lipinski definition) is 1. The van der Waals surface area contributed by atoms with Crippen molar-refractivity contribution in [1.82, 2.24) is 14.1 Å². The average Bonchev–Trinajstić information content (AvgIpc) is 2.65. The predicted molar refractivity (Wildman–Crippen MR) is 106 cm³/mol. The molecule has 7 nitrogen and oxygen atoms in total. The largest absolute Gasteiger partial charge is 0.459 e. The molecule has 0 radical (unpaired) electrons. The number of nitrogens with one attached hydrogen (secondary N) is 1. The lowest BCUT2D eigenvalue weighted by Crippen LogP contribution is -2.33. The monoisotopic (exact) mass is 380 g/mol. The summed E-state index contributed by atoms with van der Waals surface area (Å²) in [5, 5.41) is 8.88. The van der Waals surface area contributed by atoms with Crippen molar-refractivity contribution in [2.75, 3.05) is 0 Å². The molecular formula is C21H24N4O3. The van der Waals surface area contributed by atoms with Gasteiger partial charge in [0.15, 0.2) is 0 Å². The molecule has 0 bridgehead atoms. The number of carbonyl (C=O) groups is 1. The van der Waals surface area contributed by atoms with Crippen LogP contribution in [0.2, 0.25) is 0 Å². The molecule has 0 aliphatic rings. The first-order chi connectivity index (χ1) is 13.3. The highest BCUT2D eigenvalue weighted by molar-refractivity contribution is 5.92. The minimum absolute atomic E-state index is 0.00534. The summed E-state index contributed by atoms with van der Waals surface area (Å²) in [6.07, 6.45) is 0.324. The van der Waals surface area contributed by atoms with Gasteiger partial charge in [0, 0.05) is 13.6 Å². The third-order valence-electron chi connectivity index (χ3n) is 4.63. The minimum atomic E-state index is -0.613. The Kier molecular flexibility index (Phi) is 5.44. The first kappa shape index (κ1) is 19.5. The molecule has 0 fully saturated rings. The summed E-state index contributed by atoms with van der Waals surface area (Å²) in [4.78, 5) is 29.8. The van der Waals surface area contributed by atoms with E-state index in [1.807, 2.05) is 30.3 Å². The molecule has 0 aliphatic heterocycles. The highest BCUT2D eigenvalue weighted by Crippen LogP contribution is 2.12. The Morgan fingerprint density at radius 2 is 1.93 bits per heavy atom. The van der Waals surface area contributed by atoms with Gasteiger partial charge in [0.25, 0.3) is 5.56 Å². The van der Waals surface area contributed by atoms with E-state index in [2.05, 4.69) is 4.98 Å². The van der Waals surface area contributed by atoms with E-state index < -0.39 is 5.97 Å². The van der Waals surface area contributed by atoms with Gasteiger partial charge < -0.3 is 9.30 Å². The molecule has 1 aromatic carbocycles. The van der Waals surface area contributed by atoms with Crippen LogP contribution < -0.4 is 11.0 Å². The molecule has 0 amide bonds. The summed E-state index contributed by atoms with van der Waals surface area (Å²) in [5.74, 6) is -0.0687. The van der Waals surface area contributed by atoms with Gasteiger partial charge >= 0.3 is 5.97 Å². The molecule has 146 valence electrons. The maximum absolute atomic E-state index is 12.8. The van der Waals surface area contributed by atoms with Gasteiger partial charge in [0.2, 0.25) is 0 Å². The van der Waals surface area contributed by atoms with Crippen molar-refractivity contribution in [1.29, 1.82) is 5.41 Å². The number of carbonyl (C=O) groups excluding carboxylic acids is 1. The summed E-state index contributed by atoms with van der Waals surface area (Å²) in [5.41, 5.74) is 1.31. The van der Waals surface area contributed by atoms with Gasteiger partial charge in [-0.05, 0) is 38.8 Å². The van der Waals surface area contributed by atoms with E-state index in [4.69, 9.17) is 10.1 Å². The van der Waals surface area contributed by atoms with Crippen molar-refractivity contribution in [3.63, 3.8) is 0 Å². The van der Waals surface area contributed by atoms with E-state index >= 15 is 0 Å². The van der Waals surface area contributed by atoms with Crippen molar-refractivity contribution in [3.8, 4) is 0 Å². The van der Waals surface area contributed by atoms with Crippen molar-refractivity contribution < 1.29 is 9.53 Å². The molecule has 2 heterocycles. The summed E-state index contributed by atoms with van der Waals surface area (Å²) >= 11 is 0. The Balaban J connectivity index is 2.20. The van der Waals surface area contributed by atoms with Gasteiger partial charge in [0.05, 0.1) is 11.5 Å². The van der Waals surface area contributed by atoms with E-state index in [1.54, 1.807) is 32.4 Å². The van der Waals surface area contributed by atoms with Crippen LogP contribution in [-0.2, 0) is 24.8 Å². The van der Waals surface area contributed by atoms with Gasteiger partial charge in [-0.2, -0.15) is 0 Å². The molecule has 3 rings (SSSR count). The minimum Gasteiger partial charge on any atom is -0.459 e. The van der Waals surface area contributed by atoms with Crippen LogP contribution in [0.15, 0.2) is 41.2 Å². The van der Waals surface area contributed by atoms with E-state index in [-0.39, 0.29) is 22.7 Å². The number of esters is 1. The number of ether oxygens (including phenoxy) is 1. The highest BCUT2D eigenvalue weighted by atomic mass is 16.5. The van der Waals surface area contributed by atoms with Crippen molar-refractivity contribution >= 4 is 17.0 Å². The third-order valence-corrected chi connectivity index (χ3v) is 4.63. The fourth-order valence-corrected chi connectivity index (χ4v) is 3.04. The van der Waals surface area contributed by atoms with Crippen LogP contribution in [0.5, 0.6) is 0 Å². The lowest BCUT2D eigenvalue weighted by Gasteiger charge is -2.16. The average molecular weight is 380 g/mol. The molecule has 0 spiro atoms. The summed E-state index contributed by atoms with van der Waals surface area (Å²) in [6, 6.07) is 11.3. The van der Waals surface area contributed by atoms with Gasteiger partial charge in [-0.1, -0.05) is 30.3 Å². The second-order valence-electron chi connectivity index (χ2n) is 7.01. The van der Waals surface area contributed by atoms with Crippen LogP contribution in [0.4, 0.5) is 0 Å². The third kappa shape index (κ3) is 3.74. The summed E-state index contributed by atoms with van der Waals surface area (Å²) in [7, 11) is 1.64.